The fourth-order valence-corrected chi connectivity index (χ4v) is 1.94. The highest BCUT2D eigenvalue weighted by Crippen LogP contribution is 2.24. The van der Waals surface area contributed by atoms with Crippen molar-refractivity contribution in [1.82, 2.24) is 0 Å². The van der Waals surface area contributed by atoms with Gasteiger partial charge in [0.25, 0.3) is 0 Å². The van der Waals surface area contributed by atoms with Crippen LogP contribution in [0.15, 0.2) is 35.2 Å². The predicted octanol–water partition coefficient (Wildman–Crippen LogP) is 3.14. The second kappa shape index (κ2) is 6.87. The molecule has 0 saturated carbocycles. The Kier molecular flexibility index (Phi) is 5.68. The molecule has 0 fully saturated rings. The number of benzene rings is 1. The molecule has 0 saturated heterocycles. The van der Waals surface area contributed by atoms with Crippen molar-refractivity contribution in [2.24, 2.45) is 0 Å². The molecule has 0 heterocycles. The molecule has 0 unspecified atom stereocenters. The van der Waals surface area contributed by atoms with Gasteiger partial charge in [-0.3, -0.25) is 0 Å². The van der Waals surface area contributed by atoms with Crippen LogP contribution in [0.2, 0.25) is 0 Å². The highest BCUT2D eigenvalue weighted by atomic mass is 32.2. The lowest BCUT2D eigenvalue weighted by atomic mass is 10.4. The molecule has 2 nitrogen and oxygen atoms in total. The minimum absolute atomic E-state index is 0.188. The maximum Gasteiger partial charge on any atom is 0.211 e. The summed E-state index contributed by atoms with van der Waals surface area (Å²) in [5.41, 5.74) is -0.188. The van der Waals surface area contributed by atoms with Gasteiger partial charge in [0.15, 0.2) is 0 Å². The molecule has 1 rings (SSSR count). The zero-order chi connectivity index (χ0) is 10.2. The zero-order valence-corrected chi connectivity index (χ0v) is 9.42. The van der Waals surface area contributed by atoms with Crippen molar-refractivity contribution >= 4 is 11.8 Å². The molecule has 0 amide bonds. The number of ether oxygens (including phenoxy) is 2. The van der Waals surface area contributed by atoms with Gasteiger partial charge in [0, 0.05) is 18.1 Å². The fraction of sp³-hybridized carbons (Fsp3) is 0.455. The lowest BCUT2D eigenvalue weighted by Crippen LogP contribution is -2.12. The van der Waals surface area contributed by atoms with E-state index >= 15 is 0 Å². The summed E-state index contributed by atoms with van der Waals surface area (Å²) >= 11 is 1.59. The van der Waals surface area contributed by atoms with E-state index in [0.29, 0.717) is 13.2 Å². The van der Waals surface area contributed by atoms with Crippen LogP contribution < -0.4 is 0 Å². The second-order valence-electron chi connectivity index (χ2n) is 2.63. The zero-order valence-electron chi connectivity index (χ0n) is 8.60. The molecule has 0 spiro atoms. The van der Waals surface area contributed by atoms with Crippen LogP contribution in [0.4, 0.5) is 0 Å². The third kappa shape index (κ3) is 4.13. The van der Waals surface area contributed by atoms with Gasteiger partial charge < -0.3 is 9.47 Å². The van der Waals surface area contributed by atoms with Crippen LogP contribution in [0, 0.1) is 0 Å². The van der Waals surface area contributed by atoms with Gasteiger partial charge in [-0.25, -0.2) is 0 Å². The Balaban J connectivity index is 2.46. The summed E-state index contributed by atoms with van der Waals surface area (Å²) in [6, 6.07) is 10.1. The quantitative estimate of drug-likeness (QED) is 0.533. The molecule has 0 atom stereocenters. The summed E-state index contributed by atoms with van der Waals surface area (Å²) in [6.45, 7) is 5.28. The number of hydrogen-bond acceptors (Lipinski definition) is 3. The normalized spacial score (nSPS) is 10.8. The molecule has 14 heavy (non-hydrogen) atoms. The molecule has 0 aliphatic carbocycles. The highest BCUT2D eigenvalue weighted by Gasteiger charge is 2.08. The number of thioether (sulfide) groups is 1. The van der Waals surface area contributed by atoms with E-state index in [4.69, 9.17) is 9.47 Å². The SMILES string of the molecule is CCOC(OCC)Sc1ccccc1. The van der Waals surface area contributed by atoms with Crippen molar-refractivity contribution < 1.29 is 9.47 Å². The summed E-state index contributed by atoms with van der Waals surface area (Å²) < 4.78 is 10.9. The van der Waals surface area contributed by atoms with Crippen molar-refractivity contribution in [2.45, 2.75) is 24.4 Å². The first-order chi connectivity index (χ1) is 6.86. The van der Waals surface area contributed by atoms with E-state index in [1.165, 1.54) is 4.90 Å². The second-order valence-corrected chi connectivity index (χ2v) is 3.72. The minimum Gasteiger partial charge on any atom is -0.344 e. The summed E-state index contributed by atoms with van der Waals surface area (Å²) in [5.74, 6) is 0. The average Bonchev–Trinajstić information content (AvgIpc) is 2.20. The lowest BCUT2D eigenvalue weighted by Gasteiger charge is -2.15. The van der Waals surface area contributed by atoms with Crippen molar-refractivity contribution in [3.8, 4) is 0 Å². The Hall–Kier alpha value is -0.510. The van der Waals surface area contributed by atoms with Crippen molar-refractivity contribution in [1.29, 1.82) is 0 Å². The van der Waals surface area contributed by atoms with Crippen LogP contribution in [0.1, 0.15) is 13.8 Å². The molecule has 1 aromatic rings. The third-order valence-electron chi connectivity index (χ3n) is 1.58. The summed E-state index contributed by atoms with van der Waals surface area (Å²) in [7, 11) is 0. The first-order valence-corrected chi connectivity index (χ1v) is 5.69. The first-order valence-electron chi connectivity index (χ1n) is 4.81. The molecule has 0 aromatic heterocycles. The summed E-state index contributed by atoms with van der Waals surface area (Å²) in [4.78, 5) is 1.17. The largest absolute Gasteiger partial charge is 0.344 e. The monoisotopic (exact) mass is 212 g/mol. The molecule has 78 valence electrons. The molecule has 0 N–H and O–H groups in total. The van der Waals surface area contributed by atoms with E-state index in [9.17, 15) is 0 Å². The molecule has 0 aliphatic heterocycles. The molecule has 3 heteroatoms. The van der Waals surface area contributed by atoms with Crippen LogP contribution in [-0.2, 0) is 9.47 Å². The van der Waals surface area contributed by atoms with Gasteiger partial charge in [-0.05, 0) is 26.0 Å². The number of rotatable bonds is 6. The molecule has 0 bridgehead atoms. The van der Waals surface area contributed by atoms with E-state index in [1.807, 2.05) is 32.0 Å². The van der Waals surface area contributed by atoms with Crippen LogP contribution in [0.5, 0.6) is 0 Å². The van der Waals surface area contributed by atoms with E-state index in [0.717, 1.165) is 0 Å². The average molecular weight is 212 g/mol. The van der Waals surface area contributed by atoms with Crippen molar-refractivity contribution in [3.05, 3.63) is 30.3 Å². The van der Waals surface area contributed by atoms with Gasteiger partial charge >= 0.3 is 0 Å². The highest BCUT2D eigenvalue weighted by molar-refractivity contribution is 7.99. The lowest BCUT2D eigenvalue weighted by molar-refractivity contribution is -0.0737. The van der Waals surface area contributed by atoms with Gasteiger partial charge in [-0.1, -0.05) is 30.0 Å². The van der Waals surface area contributed by atoms with E-state index < -0.39 is 0 Å². The van der Waals surface area contributed by atoms with Gasteiger partial charge in [0.1, 0.15) is 0 Å². The molecule has 0 aliphatic rings. The maximum absolute atomic E-state index is 5.43. The topological polar surface area (TPSA) is 18.5 Å². The Bertz CT molecular complexity index is 232. The molecule has 1 aromatic carbocycles. The van der Waals surface area contributed by atoms with Crippen LogP contribution in [-0.4, -0.2) is 18.8 Å². The van der Waals surface area contributed by atoms with Gasteiger partial charge in [0.05, 0.1) is 0 Å². The van der Waals surface area contributed by atoms with Gasteiger partial charge in [0.2, 0.25) is 5.62 Å². The van der Waals surface area contributed by atoms with Gasteiger partial charge in [-0.2, -0.15) is 0 Å². The standard InChI is InChI=1S/C11H16O2S/c1-3-12-11(13-4-2)14-10-8-6-5-7-9-10/h5-9,11H,3-4H2,1-2H3. The molecular weight excluding hydrogens is 196 g/mol. The minimum atomic E-state index is -0.188. The Morgan fingerprint density at radius 3 is 2.14 bits per heavy atom. The molecule has 0 radical (unpaired) electrons. The van der Waals surface area contributed by atoms with E-state index in [2.05, 4.69) is 12.1 Å². The van der Waals surface area contributed by atoms with Crippen LogP contribution >= 0.6 is 11.8 Å². The van der Waals surface area contributed by atoms with Crippen LogP contribution in [0.25, 0.3) is 0 Å². The first kappa shape index (κ1) is 11.6. The maximum atomic E-state index is 5.43. The number of hydrogen-bond donors (Lipinski definition) is 0. The van der Waals surface area contributed by atoms with E-state index in [-0.39, 0.29) is 5.62 Å². The van der Waals surface area contributed by atoms with Crippen LogP contribution in [0.3, 0.4) is 0 Å². The van der Waals surface area contributed by atoms with Crippen molar-refractivity contribution in [2.75, 3.05) is 13.2 Å². The summed E-state index contributed by atoms with van der Waals surface area (Å²) in [6.07, 6.45) is 0. The smallest absolute Gasteiger partial charge is 0.211 e. The predicted molar refractivity (Wildman–Crippen MR) is 59.3 cm³/mol. The van der Waals surface area contributed by atoms with Gasteiger partial charge in [-0.15, -0.1) is 0 Å². The Morgan fingerprint density at radius 1 is 1.07 bits per heavy atom. The molecular formula is C11H16O2S. The Morgan fingerprint density at radius 2 is 1.64 bits per heavy atom. The van der Waals surface area contributed by atoms with E-state index in [1.54, 1.807) is 11.8 Å². The van der Waals surface area contributed by atoms with Crippen molar-refractivity contribution in [3.63, 3.8) is 0 Å². The third-order valence-corrected chi connectivity index (χ3v) is 2.59. The Labute approximate surface area is 89.6 Å². The fourth-order valence-electron chi connectivity index (χ4n) is 0.998. The summed E-state index contributed by atoms with van der Waals surface area (Å²) in [5, 5.41) is 0.